The molecule has 7 heteroatoms. The fourth-order valence-electron chi connectivity index (χ4n) is 1.76. The van der Waals surface area contributed by atoms with Crippen LogP contribution < -0.4 is 10.6 Å². The highest BCUT2D eigenvalue weighted by atomic mass is 32.1. The van der Waals surface area contributed by atoms with E-state index >= 15 is 0 Å². The first-order chi connectivity index (χ1) is 8.58. The van der Waals surface area contributed by atoms with Crippen molar-refractivity contribution in [3.63, 3.8) is 0 Å². The van der Waals surface area contributed by atoms with Gasteiger partial charge in [0.25, 0.3) is 0 Å². The van der Waals surface area contributed by atoms with Gasteiger partial charge in [0.15, 0.2) is 6.04 Å². The van der Waals surface area contributed by atoms with Crippen LogP contribution in [0.1, 0.15) is 23.8 Å². The number of thiophene rings is 1. The second-order valence-electron chi connectivity index (χ2n) is 3.95. The lowest BCUT2D eigenvalue weighted by atomic mass is 10.2. The molecule has 6 nitrogen and oxygen atoms in total. The Morgan fingerprint density at radius 3 is 2.83 bits per heavy atom. The van der Waals surface area contributed by atoms with Crippen LogP contribution in [0.25, 0.3) is 0 Å². The number of hydrogen-bond acceptors (Lipinski definition) is 4. The molecule has 96 valence electrons. The van der Waals surface area contributed by atoms with E-state index in [4.69, 9.17) is 5.11 Å². The van der Waals surface area contributed by atoms with Crippen LogP contribution in [0.4, 0.5) is 0 Å². The van der Waals surface area contributed by atoms with Crippen LogP contribution in [0.5, 0.6) is 0 Å². The standard InChI is InChI=1S/C11H12N2O4S/c14-8-4-3-6(12-8)10(15)13-9(11(16)17)7-2-1-5-18-7/h1-2,5-6,9H,3-4H2,(H,12,14)(H,13,15)(H,16,17)/t6-,9?/m0/s1. The summed E-state index contributed by atoms with van der Waals surface area (Å²) >= 11 is 1.26. The number of carbonyl (C=O) groups excluding carboxylic acids is 2. The maximum absolute atomic E-state index is 11.8. The van der Waals surface area contributed by atoms with Gasteiger partial charge in [-0.2, -0.15) is 0 Å². The molecule has 0 saturated carbocycles. The third-order valence-corrected chi connectivity index (χ3v) is 3.61. The quantitative estimate of drug-likeness (QED) is 0.730. The van der Waals surface area contributed by atoms with E-state index in [2.05, 4.69) is 10.6 Å². The van der Waals surface area contributed by atoms with E-state index < -0.39 is 24.0 Å². The monoisotopic (exact) mass is 268 g/mol. The van der Waals surface area contributed by atoms with Crippen LogP contribution >= 0.6 is 11.3 Å². The van der Waals surface area contributed by atoms with Crippen LogP contribution in [-0.2, 0) is 14.4 Å². The average Bonchev–Trinajstić information content (AvgIpc) is 2.95. The fourth-order valence-corrected chi connectivity index (χ4v) is 2.53. The number of carboxylic acid groups (broad SMARTS) is 1. The summed E-state index contributed by atoms with van der Waals surface area (Å²) in [5, 5.41) is 15.8. The Labute approximate surface area is 107 Å². The first-order valence-electron chi connectivity index (χ1n) is 5.44. The lowest BCUT2D eigenvalue weighted by Gasteiger charge is -2.16. The molecule has 1 fully saturated rings. The molecule has 0 aliphatic carbocycles. The number of carbonyl (C=O) groups is 3. The Kier molecular flexibility index (Phi) is 3.61. The largest absolute Gasteiger partial charge is 0.479 e. The zero-order valence-electron chi connectivity index (χ0n) is 9.38. The summed E-state index contributed by atoms with van der Waals surface area (Å²) in [4.78, 5) is 34.5. The molecule has 1 unspecified atom stereocenters. The van der Waals surface area contributed by atoms with Crippen molar-refractivity contribution in [1.82, 2.24) is 10.6 Å². The second-order valence-corrected chi connectivity index (χ2v) is 4.93. The van der Waals surface area contributed by atoms with Crippen molar-refractivity contribution in [2.24, 2.45) is 0 Å². The topological polar surface area (TPSA) is 95.5 Å². The third-order valence-electron chi connectivity index (χ3n) is 2.67. The summed E-state index contributed by atoms with van der Waals surface area (Å²) in [6, 6.07) is 1.69. The predicted octanol–water partition coefficient (Wildman–Crippen LogP) is 0.269. The minimum Gasteiger partial charge on any atom is -0.479 e. The van der Waals surface area contributed by atoms with E-state index in [9.17, 15) is 14.4 Å². The van der Waals surface area contributed by atoms with Gasteiger partial charge < -0.3 is 15.7 Å². The van der Waals surface area contributed by atoms with Gasteiger partial charge in [-0.15, -0.1) is 11.3 Å². The van der Waals surface area contributed by atoms with Gasteiger partial charge in [-0.1, -0.05) is 6.07 Å². The molecule has 2 rings (SSSR count). The number of aliphatic carboxylic acids is 1. The van der Waals surface area contributed by atoms with Gasteiger partial charge in [-0.3, -0.25) is 9.59 Å². The number of nitrogens with one attached hydrogen (secondary N) is 2. The van der Waals surface area contributed by atoms with Crippen LogP contribution in [0.15, 0.2) is 17.5 Å². The average molecular weight is 268 g/mol. The van der Waals surface area contributed by atoms with Gasteiger partial charge in [0.2, 0.25) is 11.8 Å². The molecule has 2 heterocycles. The maximum atomic E-state index is 11.8. The zero-order valence-corrected chi connectivity index (χ0v) is 10.2. The molecule has 2 amide bonds. The highest BCUT2D eigenvalue weighted by Crippen LogP contribution is 2.20. The number of carboxylic acids is 1. The van der Waals surface area contributed by atoms with E-state index in [0.29, 0.717) is 17.7 Å². The van der Waals surface area contributed by atoms with Crippen molar-refractivity contribution >= 4 is 29.1 Å². The van der Waals surface area contributed by atoms with E-state index in [0.717, 1.165) is 0 Å². The Morgan fingerprint density at radius 2 is 2.33 bits per heavy atom. The number of rotatable bonds is 4. The highest BCUT2D eigenvalue weighted by molar-refractivity contribution is 7.10. The van der Waals surface area contributed by atoms with Gasteiger partial charge >= 0.3 is 5.97 Å². The molecule has 0 spiro atoms. The molecule has 3 N–H and O–H groups in total. The number of amides is 2. The summed E-state index contributed by atoms with van der Waals surface area (Å²) in [5.41, 5.74) is 0. The summed E-state index contributed by atoms with van der Waals surface area (Å²) < 4.78 is 0. The van der Waals surface area contributed by atoms with Crippen molar-refractivity contribution in [3.05, 3.63) is 22.4 Å². The minimum atomic E-state index is -1.12. The van der Waals surface area contributed by atoms with E-state index in [1.165, 1.54) is 11.3 Å². The van der Waals surface area contributed by atoms with Gasteiger partial charge in [0.05, 0.1) is 0 Å². The summed E-state index contributed by atoms with van der Waals surface area (Å²) in [6.07, 6.45) is 0.705. The summed E-state index contributed by atoms with van der Waals surface area (Å²) in [6.45, 7) is 0. The molecular formula is C11H12N2O4S. The molecule has 0 radical (unpaired) electrons. The molecule has 1 aliphatic heterocycles. The molecule has 0 bridgehead atoms. The SMILES string of the molecule is O=C1CC[C@@H](C(=O)NC(C(=O)O)c2cccs2)N1. The first kappa shape index (κ1) is 12.6. The van der Waals surface area contributed by atoms with Crippen molar-refractivity contribution < 1.29 is 19.5 Å². The zero-order chi connectivity index (χ0) is 13.1. The highest BCUT2D eigenvalue weighted by Gasteiger charge is 2.31. The number of hydrogen-bond donors (Lipinski definition) is 3. The third kappa shape index (κ3) is 2.67. The fraction of sp³-hybridized carbons (Fsp3) is 0.364. The normalized spacial score (nSPS) is 20.2. The molecule has 18 heavy (non-hydrogen) atoms. The van der Waals surface area contributed by atoms with Crippen molar-refractivity contribution in [3.8, 4) is 0 Å². The van der Waals surface area contributed by atoms with E-state index in [1.54, 1.807) is 17.5 Å². The van der Waals surface area contributed by atoms with E-state index in [1.807, 2.05) is 0 Å². The summed E-state index contributed by atoms with van der Waals surface area (Å²) in [5.74, 6) is -1.75. The van der Waals surface area contributed by atoms with Gasteiger partial charge in [0.1, 0.15) is 6.04 Å². The Bertz CT molecular complexity index is 471. The molecule has 1 aliphatic rings. The van der Waals surface area contributed by atoms with Gasteiger partial charge in [-0.05, 0) is 17.9 Å². The Morgan fingerprint density at radius 1 is 1.56 bits per heavy atom. The van der Waals surface area contributed by atoms with Gasteiger partial charge in [0, 0.05) is 11.3 Å². The lowest BCUT2D eigenvalue weighted by molar-refractivity contribution is -0.142. The van der Waals surface area contributed by atoms with Crippen molar-refractivity contribution in [2.45, 2.75) is 24.9 Å². The molecule has 1 aromatic rings. The molecule has 1 saturated heterocycles. The maximum Gasteiger partial charge on any atom is 0.331 e. The minimum absolute atomic E-state index is 0.182. The van der Waals surface area contributed by atoms with Crippen LogP contribution in [0.3, 0.4) is 0 Å². The lowest BCUT2D eigenvalue weighted by Crippen LogP contribution is -2.44. The molecule has 1 aromatic heterocycles. The van der Waals surface area contributed by atoms with Crippen LogP contribution in [-0.4, -0.2) is 28.9 Å². The van der Waals surface area contributed by atoms with Crippen LogP contribution in [0.2, 0.25) is 0 Å². The Balaban J connectivity index is 2.04. The molecule has 0 aromatic carbocycles. The Hall–Kier alpha value is -1.89. The smallest absolute Gasteiger partial charge is 0.331 e. The molecule has 2 atom stereocenters. The van der Waals surface area contributed by atoms with E-state index in [-0.39, 0.29) is 5.91 Å². The predicted molar refractivity (Wildman–Crippen MR) is 64.0 cm³/mol. The van der Waals surface area contributed by atoms with Gasteiger partial charge in [-0.25, -0.2) is 4.79 Å². The van der Waals surface area contributed by atoms with Crippen molar-refractivity contribution in [2.75, 3.05) is 0 Å². The second kappa shape index (κ2) is 5.18. The summed E-state index contributed by atoms with van der Waals surface area (Å²) in [7, 11) is 0. The first-order valence-corrected chi connectivity index (χ1v) is 6.32. The molecular weight excluding hydrogens is 256 g/mol. The van der Waals surface area contributed by atoms with Crippen LogP contribution in [0, 0.1) is 0 Å². The van der Waals surface area contributed by atoms with Crippen molar-refractivity contribution in [1.29, 1.82) is 0 Å².